The van der Waals surface area contributed by atoms with E-state index in [0.29, 0.717) is 48.9 Å². The van der Waals surface area contributed by atoms with E-state index in [0.717, 1.165) is 0 Å². The standard InChI is InChI=1S/C19H19NO5/c1-23-19(22)14-6-8-15(9-7-14)24-12-10-20-11-13-25-17-5-3-2-4-16(17)18(20)21/h2-9H,10-13H2,1H3. The molecule has 1 amide bonds. The van der Waals surface area contributed by atoms with Crippen molar-refractivity contribution in [2.45, 2.75) is 0 Å². The zero-order valence-electron chi connectivity index (χ0n) is 13.9. The number of rotatable bonds is 5. The van der Waals surface area contributed by atoms with Gasteiger partial charge >= 0.3 is 5.97 Å². The fraction of sp³-hybridized carbons (Fsp3) is 0.263. The molecule has 0 fully saturated rings. The van der Waals surface area contributed by atoms with Gasteiger partial charge in [0, 0.05) is 0 Å². The number of ether oxygens (including phenoxy) is 3. The Morgan fingerprint density at radius 2 is 1.92 bits per heavy atom. The van der Waals surface area contributed by atoms with Crippen molar-refractivity contribution in [3.8, 4) is 11.5 Å². The fourth-order valence-corrected chi connectivity index (χ4v) is 2.60. The number of hydrogen-bond acceptors (Lipinski definition) is 5. The Labute approximate surface area is 145 Å². The lowest BCUT2D eigenvalue weighted by Crippen LogP contribution is -2.35. The minimum atomic E-state index is -0.389. The van der Waals surface area contributed by atoms with Crippen LogP contribution in [0.4, 0.5) is 0 Å². The third-order valence-corrected chi connectivity index (χ3v) is 3.93. The average Bonchev–Trinajstić information content (AvgIpc) is 2.81. The van der Waals surface area contributed by atoms with E-state index in [1.165, 1.54) is 7.11 Å². The van der Waals surface area contributed by atoms with E-state index in [9.17, 15) is 9.59 Å². The van der Waals surface area contributed by atoms with Crippen molar-refractivity contribution in [1.29, 1.82) is 0 Å². The fourth-order valence-electron chi connectivity index (χ4n) is 2.60. The van der Waals surface area contributed by atoms with Crippen LogP contribution < -0.4 is 9.47 Å². The number of carbonyl (C=O) groups excluding carboxylic acids is 2. The first-order valence-corrected chi connectivity index (χ1v) is 8.01. The molecule has 6 heteroatoms. The van der Waals surface area contributed by atoms with Crippen LogP contribution in [0, 0.1) is 0 Å². The van der Waals surface area contributed by atoms with Crippen molar-refractivity contribution in [1.82, 2.24) is 4.90 Å². The summed E-state index contributed by atoms with van der Waals surface area (Å²) in [4.78, 5) is 25.7. The smallest absolute Gasteiger partial charge is 0.337 e. The van der Waals surface area contributed by atoms with Gasteiger partial charge in [0.2, 0.25) is 0 Å². The maximum absolute atomic E-state index is 12.6. The maximum atomic E-state index is 12.6. The van der Waals surface area contributed by atoms with E-state index < -0.39 is 0 Å². The summed E-state index contributed by atoms with van der Waals surface area (Å²) in [6.07, 6.45) is 0. The van der Waals surface area contributed by atoms with Gasteiger partial charge in [0.05, 0.1) is 31.3 Å². The van der Waals surface area contributed by atoms with Crippen LogP contribution in [0.2, 0.25) is 0 Å². The van der Waals surface area contributed by atoms with Crippen molar-refractivity contribution in [3.05, 3.63) is 59.7 Å². The Hall–Kier alpha value is -3.02. The van der Waals surface area contributed by atoms with Gasteiger partial charge in [0.1, 0.15) is 24.7 Å². The number of nitrogens with zero attached hydrogens (tertiary/aromatic N) is 1. The van der Waals surface area contributed by atoms with Gasteiger partial charge in [-0.2, -0.15) is 0 Å². The van der Waals surface area contributed by atoms with E-state index in [1.54, 1.807) is 41.3 Å². The zero-order valence-corrected chi connectivity index (χ0v) is 13.9. The number of amides is 1. The summed E-state index contributed by atoms with van der Waals surface area (Å²) in [6, 6.07) is 13.9. The number of fused-ring (bicyclic) bond motifs is 1. The molecule has 2 aromatic carbocycles. The topological polar surface area (TPSA) is 65.1 Å². The molecule has 6 nitrogen and oxygen atoms in total. The SMILES string of the molecule is COC(=O)c1ccc(OCCN2CCOc3ccccc3C2=O)cc1. The molecule has 1 aliphatic heterocycles. The summed E-state index contributed by atoms with van der Waals surface area (Å²) in [5.74, 6) is 0.805. The van der Waals surface area contributed by atoms with E-state index >= 15 is 0 Å². The van der Waals surface area contributed by atoms with Crippen molar-refractivity contribution in [2.75, 3.05) is 33.4 Å². The van der Waals surface area contributed by atoms with Crippen molar-refractivity contribution in [2.24, 2.45) is 0 Å². The predicted octanol–water partition coefficient (Wildman–Crippen LogP) is 2.39. The summed E-state index contributed by atoms with van der Waals surface area (Å²) in [6.45, 7) is 1.77. The molecule has 2 aromatic rings. The molecule has 0 bridgehead atoms. The van der Waals surface area contributed by atoms with Crippen LogP contribution in [0.5, 0.6) is 11.5 Å². The highest BCUT2D eigenvalue weighted by Crippen LogP contribution is 2.22. The number of para-hydroxylation sites is 1. The second-order valence-corrected chi connectivity index (χ2v) is 5.50. The van der Waals surface area contributed by atoms with E-state index in [2.05, 4.69) is 4.74 Å². The second-order valence-electron chi connectivity index (χ2n) is 5.50. The second kappa shape index (κ2) is 7.70. The molecular weight excluding hydrogens is 322 g/mol. The van der Waals surface area contributed by atoms with Crippen LogP contribution in [-0.4, -0.2) is 50.2 Å². The highest BCUT2D eigenvalue weighted by atomic mass is 16.5. The van der Waals surface area contributed by atoms with E-state index in [4.69, 9.17) is 9.47 Å². The van der Waals surface area contributed by atoms with Crippen molar-refractivity contribution in [3.63, 3.8) is 0 Å². The zero-order chi connectivity index (χ0) is 17.6. The molecule has 0 aromatic heterocycles. The Kier molecular flexibility index (Phi) is 5.18. The third-order valence-electron chi connectivity index (χ3n) is 3.93. The molecule has 3 rings (SSSR count). The Balaban J connectivity index is 1.57. The van der Waals surface area contributed by atoms with Crippen LogP contribution in [0.3, 0.4) is 0 Å². The van der Waals surface area contributed by atoms with Crippen LogP contribution in [0.25, 0.3) is 0 Å². The minimum absolute atomic E-state index is 0.0576. The van der Waals surface area contributed by atoms with E-state index in [-0.39, 0.29) is 11.9 Å². The number of esters is 1. The maximum Gasteiger partial charge on any atom is 0.337 e. The summed E-state index contributed by atoms with van der Waals surface area (Å²) >= 11 is 0. The van der Waals surface area contributed by atoms with Crippen molar-refractivity contribution >= 4 is 11.9 Å². The molecule has 130 valence electrons. The molecule has 0 N–H and O–H groups in total. The lowest BCUT2D eigenvalue weighted by Gasteiger charge is -2.20. The van der Waals surface area contributed by atoms with Gasteiger partial charge in [-0.05, 0) is 36.4 Å². The summed E-state index contributed by atoms with van der Waals surface area (Å²) < 4.78 is 15.9. The van der Waals surface area contributed by atoms with Gasteiger partial charge in [0.25, 0.3) is 5.91 Å². The molecule has 0 saturated carbocycles. The van der Waals surface area contributed by atoms with Gasteiger partial charge in [-0.1, -0.05) is 12.1 Å². The van der Waals surface area contributed by atoms with E-state index in [1.807, 2.05) is 12.1 Å². The molecule has 0 saturated heterocycles. The molecule has 0 aliphatic carbocycles. The molecule has 0 spiro atoms. The minimum Gasteiger partial charge on any atom is -0.492 e. The van der Waals surface area contributed by atoms with Gasteiger partial charge in [-0.15, -0.1) is 0 Å². The normalized spacial score (nSPS) is 13.5. The van der Waals surface area contributed by atoms with Gasteiger partial charge in [-0.25, -0.2) is 4.79 Å². The molecule has 0 atom stereocenters. The first-order valence-electron chi connectivity index (χ1n) is 8.01. The molecule has 25 heavy (non-hydrogen) atoms. The third kappa shape index (κ3) is 3.91. The lowest BCUT2D eigenvalue weighted by molar-refractivity contribution is 0.0600. The lowest BCUT2D eigenvalue weighted by atomic mass is 10.2. The van der Waals surface area contributed by atoms with Gasteiger partial charge in [-0.3, -0.25) is 4.79 Å². The summed E-state index contributed by atoms with van der Waals surface area (Å²) in [7, 11) is 1.34. The molecule has 0 unspecified atom stereocenters. The monoisotopic (exact) mass is 341 g/mol. The average molecular weight is 341 g/mol. The van der Waals surface area contributed by atoms with Crippen LogP contribution in [0.1, 0.15) is 20.7 Å². The number of benzene rings is 2. The largest absolute Gasteiger partial charge is 0.492 e. The Morgan fingerprint density at radius 1 is 1.16 bits per heavy atom. The van der Waals surface area contributed by atoms with Crippen LogP contribution in [0.15, 0.2) is 48.5 Å². The predicted molar refractivity (Wildman–Crippen MR) is 91.1 cm³/mol. The molecule has 1 heterocycles. The number of carbonyl (C=O) groups is 2. The summed E-state index contributed by atoms with van der Waals surface area (Å²) in [5, 5.41) is 0. The first-order chi connectivity index (χ1) is 12.2. The van der Waals surface area contributed by atoms with Gasteiger partial charge in [0.15, 0.2) is 0 Å². The molecular formula is C19H19NO5. The highest BCUT2D eigenvalue weighted by Gasteiger charge is 2.22. The summed E-state index contributed by atoms with van der Waals surface area (Å²) in [5.41, 5.74) is 1.04. The Bertz CT molecular complexity index is 757. The number of methoxy groups -OCH3 is 1. The quantitative estimate of drug-likeness (QED) is 0.781. The van der Waals surface area contributed by atoms with Gasteiger partial charge < -0.3 is 19.1 Å². The molecule has 0 radical (unpaired) electrons. The number of hydrogen-bond donors (Lipinski definition) is 0. The van der Waals surface area contributed by atoms with Crippen molar-refractivity contribution < 1.29 is 23.8 Å². The first kappa shape index (κ1) is 16.8. The Morgan fingerprint density at radius 3 is 2.68 bits per heavy atom. The molecule has 1 aliphatic rings. The van der Waals surface area contributed by atoms with Crippen LogP contribution >= 0.6 is 0 Å². The van der Waals surface area contributed by atoms with Crippen LogP contribution in [-0.2, 0) is 4.74 Å². The highest BCUT2D eigenvalue weighted by molar-refractivity contribution is 5.97.